The molecule has 0 spiro atoms. The molecule has 1 aromatic heterocycles. The molecule has 4 rings (SSSR count). The highest BCUT2D eigenvalue weighted by atomic mass is 32.2. The maximum absolute atomic E-state index is 13.1. The fraction of sp³-hybridized carbons (Fsp3) is 0.192. The van der Waals surface area contributed by atoms with Crippen LogP contribution in [0.3, 0.4) is 0 Å². The summed E-state index contributed by atoms with van der Waals surface area (Å²) in [6.45, 7) is 3.94. The van der Waals surface area contributed by atoms with Gasteiger partial charge in [-0.15, -0.1) is 0 Å². The molecule has 168 valence electrons. The van der Waals surface area contributed by atoms with E-state index in [0.29, 0.717) is 11.3 Å². The van der Waals surface area contributed by atoms with E-state index in [1.54, 1.807) is 24.9 Å². The molecule has 2 amide bonds. The number of imidazole rings is 1. The van der Waals surface area contributed by atoms with Crippen LogP contribution in [0.25, 0.3) is 11.0 Å². The highest BCUT2D eigenvalue weighted by molar-refractivity contribution is 7.98. The summed E-state index contributed by atoms with van der Waals surface area (Å²) in [6, 6.07) is 21.1. The number of amides is 2. The number of nitrogens with zero attached hydrogens (tertiary/aromatic N) is 2. The minimum atomic E-state index is -0.228. The second-order valence-electron chi connectivity index (χ2n) is 7.96. The lowest BCUT2D eigenvalue weighted by atomic mass is 10.1. The Labute approximate surface area is 197 Å². The Balaban J connectivity index is 1.42. The summed E-state index contributed by atoms with van der Waals surface area (Å²) in [5, 5.41) is 3.72. The predicted molar refractivity (Wildman–Crippen MR) is 134 cm³/mol. The maximum Gasteiger partial charge on any atom is 0.254 e. The summed E-state index contributed by atoms with van der Waals surface area (Å²) in [4.78, 5) is 35.1. The van der Waals surface area contributed by atoms with Crippen LogP contribution in [0.1, 0.15) is 27.0 Å². The summed E-state index contributed by atoms with van der Waals surface area (Å²) in [6.07, 6.45) is 0. The van der Waals surface area contributed by atoms with Crippen molar-refractivity contribution in [3.8, 4) is 0 Å². The van der Waals surface area contributed by atoms with E-state index in [1.807, 2.05) is 74.5 Å². The van der Waals surface area contributed by atoms with Crippen LogP contribution in [-0.2, 0) is 10.5 Å². The molecule has 0 aliphatic rings. The van der Waals surface area contributed by atoms with Crippen molar-refractivity contribution in [3.63, 3.8) is 0 Å². The number of likely N-dealkylation sites (N-methyl/N-ethyl adjacent to an activating group) is 1. The van der Waals surface area contributed by atoms with E-state index >= 15 is 0 Å². The lowest BCUT2D eigenvalue weighted by Crippen LogP contribution is -2.35. The number of H-pyrrole nitrogens is 1. The number of aryl methyl sites for hydroxylation is 1. The summed E-state index contributed by atoms with van der Waals surface area (Å²) >= 11 is 1.54. The normalized spacial score (nSPS) is 10.9. The Hall–Kier alpha value is -3.58. The molecule has 0 radical (unpaired) electrons. The Morgan fingerprint density at radius 1 is 1.00 bits per heavy atom. The van der Waals surface area contributed by atoms with Crippen LogP contribution in [0, 0.1) is 13.8 Å². The average molecular weight is 459 g/mol. The number of carbonyl (C=O) groups excluding carboxylic acids is 2. The molecule has 0 unspecified atom stereocenters. The molecule has 7 heteroatoms. The van der Waals surface area contributed by atoms with Gasteiger partial charge in [-0.2, -0.15) is 0 Å². The first-order valence-electron chi connectivity index (χ1n) is 10.7. The largest absolute Gasteiger partial charge is 0.333 e. The standard InChI is InChI=1S/C26H26N4O2S/c1-17-9-8-14-21(18(17)2)27-24(31)15-30(3)25(32)20-11-5-4-10-19(20)16-33-26-28-22-12-6-7-13-23(22)29-26/h4-14H,15-16H2,1-3H3,(H,27,31)(H,28,29). The molecule has 0 saturated carbocycles. The van der Waals surface area contributed by atoms with Crippen LogP contribution in [-0.4, -0.2) is 40.3 Å². The number of nitrogens with one attached hydrogen (secondary N) is 2. The van der Waals surface area contributed by atoms with Gasteiger partial charge in [0.25, 0.3) is 5.91 Å². The Morgan fingerprint density at radius 2 is 1.76 bits per heavy atom. The first-order valence-corrected chi connectivity index (χ1v) is 11.7. The number of aromatic amines is 1. The van der Waals surface area contributed by atoms with Crippen molar-refractivity contribution in [1.29, 1.82) is 0 Å². The third-order valence-electron chi connectivity index (χ3n) is 5.59. The molecular formula is C26H26N4O2S. The van der Waals surface area contributed by atoms with Crippen molar-refractivity contribution in [1.82, 2.24) is 14.9 Å². The fourth-order valence-electron chi connectivity index (χ4n) is 3.57. The van der Waals surface area contributed by atoms with Gasteiger partial charge in [0.05, 0.1) is 17.6 Å². The average Bonchev–Trinajstić information content (AvgIpc) is 3.23. The summed E-state index contributed by atoms with van der Waals surface area (Å²) in [5.74, 6) is 0.171. The molecular weight excluding hydrogens is 432 g/mol. The highest BCUT2D eigenvalue weighted by Gasteiger charge is 2.19. The van der Waals surface area contributed by atoms with Gasteiger partial charge in [0.1, 0.15) is 0 Å². The van der Waals surface area contributed by atoms with Crippen molar-refractivity contribution in [3.05, 3.63) is 89.0 Å². The monoisotopic (exact) mass is 458 g/mol. The summed E-state index contributed by atoms with van der Waals surface area (Å²) < 4.78 is 0. The van der Waals surface area contributed by atoms with Gasteiger partial charge in [0, 0.05) is 24.1 Å². The van der Waals surface area contributed by atoms with Gasteiger partial charge in [0.2, 0.25) is 5.91 Å². The van der Waals surface area contributed by atoms with Crippen molar-refractivity contribution >= 4 is 40.3 Å². The van der Waals surface area contributed by atoms with Gasteiger partial charge in [-0.25, -0.2) is 4.98 Å². The Bertz CT molecular complexity index is 1280. The number of fused-ring (bicyclic) bond motifs is 1. The number of anilines is 1. The van der Waals surface area contributed by atoms with E-state index in [4.69, 9.17) is 0 Å². The van der Waals surface area contributed by atoms with Crippen LogP contribution in [0.15, 0.2) is 71.9 Å². The number of rotatable bonds is 7. The van der Waals surface area contributed by atoms with E-state index in [-0.39, 0.29) is 18.4 Å². The van der Waals surface area contributed by atoms with Crippen molar-refractivity contribution in [2.24, 2.45) is 0 Å². The van der Waals surface area contributed by atoms with Crippen LogP contribution in [0.2, 0.25) is 0 Å². The Kier molecular flexibility index (Phi) is 6.79. The van der Waals surface area contributed by atoms with Gasteiger partial charge in [-0.05, 0) is 54.8 Å². The highest BCUT2D eigenvalue weighted by Crippen LogP contribution is 2.25. The number of benzene rings is 3. The third-order valence-corrected chi connectivity index (χ3v) is 6.51. The second kappa shape index (κ2) is 9.92. The molecule has 0 bridgehead atoms. The molecule has 6 nitrogen and oxygen atoms in total. The molecule has 0 aliphatic heterocycles. The number of hydrogen-bond acceptors (Lipinski definition) is 4. The van der Waals surface area contributed by atoms with Crippen LogP contribution >= 0.6 is 11.8 Å². The zero-order valence-electron chi connectivity index (χ0n) is 18.9. The molecule has 0 aliphatic carbocycles. The number of hydrogen-bond donors (Lipinski definition) is 2. The minimum absolute atomic E-state index is 0.0305. The first kappa shape index (κ1) is 22.6. The minimum Gasteiger partial charge on any atom is -0.333 e. The molecule has 0 atom stereocenters. The number of para-hydroxylation sites is 2. The van der Waals surface area contributed by atoms with Gasteiger partial charge < -0.3 is 15.2 Å². The van der Waals surface area contributed by atoms with Gasteiger partial charge in [-0.1, -0.05) is 54.2 Å². The van der Waals surface area contributed by atoms with Crippen LogP contribution < -0.4 is 5.32 Å². The van der Waals surface area contributed by atoms with Gasteiger partial charge in [-0.3, -0.25) is 9.59 Å². The number of aromatic nitrogens is 2. The molecule has 0 saturated heterocycles. The van der Waals surface area contributed by atoms with Gasteiger partial charge in [0.15, 0.2) is 5.16 Å². The molecule has 2 N–H and O–H groups in total. The smallest absolute Gasteiger partial charge is 0.254 e. The number of carbonyl (C=O) groups is 2. The summed E-state index contributed by atoms with van der Waals surface area (Å²) in [7, 11) is 1.65. The number of thioether (sulfide) groups is 1. The molecule has 0 fully saturated rings. The predicted octanol–water partition coefficient (Wildman–Crippen LogP) is 5.18. The third kappa shape index (κ3) is 5.26. The summed E-state index contributed by atoms with van der Waals surface area (Å²) in [5.41, 5.74) is 6.28. The zero-order chi connectivity index (χ0) is 23.4. The molecule has 3 aromatic carbocycles. The maximum atomic E-state index is 13.1. The van der Waals surface area contributed by atoms with Crippen molar-refractivity contribution in [2.75, 3.05) is 18.9 Å². The fourth-order valence-corrected chi connectivity index (χ4v) is 4.46. The van der Waals surface area contributed by atoms with Crippen molar-refractivity contribution < 1.29 is 9.59 Å². The quantitative estimate of drug-likeness (QED) is 0.374. The SMILES string of the molecule is Cc1cccc(NC(=O)CN(C)C(=O)c2ccccc2CSc2nc3ccccc3[nH]2)c1C. The van der Waals surface area contributed by atoms with Gasteiger partial charge >= 0.3 is 0 Å². The van der Waals surface area contributed by atoms with E-state index < -0.39 is 0 Å². The lowest BCUT2D eigenvalue weighted by molar-refractivity contribution is -0.116. The van der Waals surface area contributed by atoms with Crippen LogP contribution in [0.5, 0.6) is 0 Å². The lowest BCUT2D eigenvalue weighted by Gasteiger charge is -2.19. The van der Waals surface area contributed by atoms with E-state index in [2.05, 4.69) is 15.3 Å². The van der Waals surface area contributed by atoms with E-state index in [0.717, 1.165) is 38.6 Å². The van der Waals surface area contributed by atoms with E-state index in [9.17, 15) is 9.59 Å². The first-order chi connectivity index (χ1) is 15.9. The molecule has 33 heavy (non-hydrogen) atoms. The van der Waals surface area contributed by atoms with Crippen molar-refractivity contribution in [2.45, 2.75) is 24.8 Å². The molecule has 4 aromatic rings. The second-order valence-corrected chi connectivity index (χ2v) is 8.93. The van der Waals surface area contributed by atoms with E-state index in [1.165, 1.54) is 4.90 Å². The zero-order valence-corrected chi connectivity index (χ0v) is 19.7. The topological polar surface area (TPSA) is 78.1 Å². The Morgan fingerprint density at radius 3 is 2.58 bits per heavy atom. The molecule has 1 heterocycles. The van der Waals surface area contributed by atoms with Crippen LogP contribution in [0.4, 0.5) is 5.69 Å².